The van der Waals surface area contributed by atoms with Gasteiger partial charge in [0.2, 0.25) is 0 Å². The van der Waals surface area contributed by atoms with Crippen molar-refractivity contribution in [1.82, 2.24) is 4.98 Å². The van der Waals surface area contributed by atoms with Crippen molar-refractivity contribution < 1.29 is 19.9 Å². The zero-order valence-electron chi connectivity index (χ0n) is 19.1. The van der Waals surface area contributed by atoms with Crippen LogP contribution in [0.25, 0.3) is 11.6 Å². The molecule has 178 valence electrons. The number of amides is 1. The first kappa shape index (κ1) is 24.7. The van der Waals surface area contributed by atoms with Crippen LogP contribution in [0.4, 0.5) is 17.1 Å². The van der Waals surface area contributed by atoms with Crippen molar-refractivity contribution >= 4 is 34.6 Å². The first-order chi connectivity index (χ1) is 16.3. The van der Waals surface area contributed by atoms with Gasteiger partial charge in [-0.2, -0.15) is 0 Å². The molecule has 0 atom stereocenters. The number of carbonyl (C=O) groups excluding carboxylic acids is 1. The topological polar surface area (TPSA) is 132 Å². The van der Waals surface area contributed by atoms with Gasteiger partial charge in [0, 0.05) is 41.9 Å². The molecule has 3 rings (SSSR count). The predicted octanol–water partition coefficient (Wildman–Crippen LogP) is 3.51. The summed E-state index contributed by atoms with van der Waals surface area (Å²) in [6, 6.07) is 15.0. The van der Waals surface area contributed by atoms with Gasteiger partial charge < -0.3 is 25.4 Å². The Balaban J connectivity index is 1.95. The number of aromatic nitrogens is 1. The molecule has 0 fully saturated rings. The van der Waals surface area contributed by atoms with Crippen LogP contribution in [0.3, 0.4) is 0 Å². The molecular formula is C25H28N4O5. The summed E-state index contributed by atoms with van der Waals surface area (Å²) in [5.74, 6) is -0.490. The molecule has 0 bridgehead atoms. The van der Waals surface area contributed by atoms with Crippen LogP contribution in [0.1, 0.15) is 22.5 Å². The molecule has 4 N–H and O–H groups in total. The number of nitro benzene ring substituents is 1. The lowest BCUT2D eigenvalue weighted by molar-refractivity contribution is -0.385. The van der Waals surface area contributed by atoms with E-state index < -0.39 is 10.8 Å². The van der Waals surface area contributed by atoms with Crippen LogP contribution in [0.2, 0.25) is 0 Å². The van der Waals surface area contributed by atoms with Crippen LogP contribution in [-0.4, -0.2) is 52.3 Å². The third kappa shape index (κ3) is 5.89. The molecule has 3 aromatic rings. The van der Waals surface area contributed by atoms with E-state index in [0.29, 0.717) is 24.5 Å². The number of aliphatic hydroxyl groups excluding tert-OH is 2. The standard InChI is InChI=1S/C25H28N4O5/c1-17-15-18(2)26-23(17)16-22(21-5-3-4-6-24(21)29(33)34)25(32)27-19-7-9-20(10-8-19)28(11-13-30)12-14-31/h3-10,15-16,26,30-31H,11-14H2,1-2H3,(H,27,32)/b22-16-. The number of H-pyrrole nitrogens is 1. The van der Waals surface area contributed by atoms with Crippen molar-refractivity contribution in [3.8, 4) is 0 Å². The fourth-order valence-corrected chi connectivity index (χ4v) is 3.74. The van der Waals surface area contributed by atoms with Crippen molar-refractivity contribution in [3.63, 3.8) is 0 Å². The maximum atomic E-state index is 13.3. The molecule has 1 amide bonds. The number of aryl methyl sites for hydroxylation is 2. The van der Waals surface area contributed by atoms with E-state index in [1.807, 2.05) is 24.8 Å². The average Bonchev–Trinajstić information content (AvgIpc) is 3.14. The molecule has 0 aliphatic rings. The largest absolute Gasteiger partial charge is 0.395 e. The summed E-state index contributed by atoms with van der Waals surface area (Å²) >= 11 is 0. The van der Waals surface area contributed by atoms with Gasteiger partial charge in [0.1, 0.15) is 0 Å². The Labute approximate surface area is 197 Å². The molecule has 34 heavy (non-hydrogen) atoms. The van der Waals surface area contributed by atoms with E-state index in [0.717, 1.165) is 16.9 Å². The number of nitrogens with one attached hydrogen (secondary N) is 2. The molecule has 1 aromatic heterocycles. The van der Waals surface area contributed by atoms with Gasteiger partial charge in [-0.3, -0.25) is 14.9 Å². The molecule has 0 unspecified atom stereocenters. The van der Waals surface area contributed by atoms with Crippen molar-refractivity contribution in [2.24, 2.45) is 0 Å². The fourth-order valence-electron chi connectivity index (χ4n) is 3.74. The van der Waals surface area contributed by atoms with E-state index in [-0.39, 0.29) is 30.0 Å². The van der Waals surface area contributed by atoms with Crippen LogP contribution in [0, 0.1) is 24.0 Å². The normalized spacial score (nSPS) is 11.4. The van der Waals surface area contributed by atoms with Crippen molar-refractivity contribution in [2.75, 3.05) is 36.5 Å². The minimum absolute atomic E-state index is 0.0554. The van der Waals surface area contributed by atoms with E-state index in [2.05, 4.69) is 10.3 Å². The number of anilines is 2. The van der Waals surface area contributed by atoms with Gasteiger partial charge in [-0.05, 0) is 61.9 Å². The third-order valence-electron chi connectivity index (χ3n) is 5.34. The zero-order valence-corrected chi connectivity index (χ0v) is 19.1. The summed E-state index contributed by atoms with van der Waals surface area (Å²) in [5, 5.41) is 32.9. The first-order valence-electron chi connectivity index (χ1n) is 10.8. The molecular weight excluding hydrogens is 436 g/mol. The first-order valence-corrected chi connectivity index (χ1v) is 10.8. The lowest BCUT2D eigenvalue weighted by Gasteiger charge is -2.23. The molecule has 0 saturated carbocycles. The molecule has 0 aliphatic heterocycles. The van der Waals surface area contributed by atoms with E-state index in [9.17, 15) is 25.1 Å². The highest BCUT2D eigenvalue weighted by molar-refractivity contribution is 6.30. The van der Waals surface area contributed by atoms with E-state index in [1.54, 1.807) is 48.5 Å². The summed E-state index contributed by atoms with van der Waals surface area (Å²) in [6.45, 7) is 4.42. The third-order valence-corrected chi connectivity index (χ3v) is 5.34. The van der Waals surface area contributed by atoms with Gasteiger partial charge in [0.15, 0.2) is 0 Å². The van der Waals surface area contributed by atoms with Gasteiger partial charge in [-0.25, -0.2) is 0 Å². The lowest BCUT2D eigenvalue weighted by Crippen LogP contribution is -2.29. The smallest absolute Gasteiger partial charge is 0.277 e. The van der Waals surface area contributed by atoms with E-state index >= 15 is 0 Å². The molecule has 0 aliphatic carbocycles. The number of hydrogen-bond donors (Lipinski definition) is 4. The van der Waals surface area contributed by atoms with Crippen molar-refractivity contribution in [3.05, 3.63) is 87.2 Å². The monoisotopic (exact) mass is 464 g/mol. The van der Waals surface area contributed by atoms with Gasteiger partial charge >= 0.3 is 0 Å². The number of nitrogens with zero attached hydrogens (tertiary/aromatic N) is 2. The number of rotatable bonds is 10. The number of para-hydroxylation sites is 1. The zero-order chi connectivity index (χ0) is 24.7. The number of aliphatic hydroxyl groups is 2. The molecule has 0 spiro atoms. The van der Waals surface area contributed by atoms with Gasteiger partial charge in [-0.15, -0.1) is 0 Å². The minimum atomic E-state index is -0.505. The van der Waals surface area contributed by atoms with Gasteiger partial charge in [0.25, 0.3) is 11.6 Å². The van der Waals surface area contributed by atoms with Crippen molar-refractivity contribution in [2.45, 2.75) is 13.8 Å². The van der Waals surface area contributed by atoms with Gasteiger partial charge in [-0.1, -0.05) is 12.1 Å². The second-order valence-electron chi connectivity index (χ2n) is 7.82. The highest BCUT2D eigenvalue weighted by Crippen LogP contribution is 2.29. The van der Waals surface area contributed by atoms with Crippen LogP contribution in [-0.2, 0) is 4.79 Å². The molecule has 0 saturated heterocycles. The van der Waals surface area contributed by atoms with Crippen LogP contribution >= 0.6 is 0 Å². The summed E-state index contributed by atoms with van der Waals surface area (Å²) < 4.78 is 0. The maximum absolute atomic E-state index is 13.3. The SMILES string of the molecule is Cc1cc(C)c(/C=C(\C(=O)Nc2ccc(N(CCO)CCO)cc2)c2ccccc2[N+](=O)[O-])[nH]1. The summed E-state index contributed by atoms with van der Waals surface area (Å²) in [7, 11) is 0. The Morgan fingerprint density at radius 2 is 1.74 bits per heavy atom. The quantitative estimate of drug-likeness (QED) is 0.206. The molecule has 0 radical (unpaired) electrons. The molecule has 9 nitrogen and oxygen atoms in total. The van der Waals surface area contributed by atoms with Crippen LogP contribution < -0.4 is 10.2 Å². The Morgan fingerprint density at radius 1 is 1.09 bits per heavy atom. The summed E-state index contributed by atoms with van der Waals surface area (Å²) in [6.07, 6.45) is 1.62. The van der Waals surface area contributed by atoms with Crippen molar-refractivity contribution in [1.29, 1.82) is 0 Å². The summed E-state index contributed by atoms with van der Waals surface area (Å²) in [5.41, 5.74) is 4.02. The number of carbonyl (C=O) groups is 1. The average molecular weight is 465 g/mol. The summed E-state index contributed by atoms with van der Waals surface area (Å²) in [4.78, 5) is 29.5. The highest BCUT2D eigenvalue weighted by Gasteiger charge is 2.22. The van der Waals surface area contributed by atoms with Gasteiger partial charge in [0.05, 0.1) is 29.3 Å². The van der Waals surface area contributed by atoms with Crippen LogP contribution in [0.5, 0.6) is 0 Å². The lowest BCUT2D eigenvalue weighted by atomic mass is 10.0. The number of hydrogen-bond acceptors (Lipinski definition) is 6. The second-order valence-corrected chi connectivity index (χ2v) is 7.82. The highest BCUT2D eigenvalue weighted by atomic mass is 16.6. The molecule has 1 heterocycles. The van der Waals surface area contributed by atoms with E-state index in [1.165, 1.54) is 6.07 Å². The number of aromatic amines is 1. The molecule has 2 aromatic carbocycles. The number of benzene rings is 2. The predicted molar refractivity (Wildman–Crippen MR) is 133 cm³/mol. The number of nitro groups is 1. The Kier molecular flexibility index (Phi) is 8.18. The Hall–Kier alpha value is -3.95. The maximum Gasteiger partial charge on any atom is 0.277 e. The Morgan fingerprint density at radius 3 is 2.29 bits per heavy atom. The second kappa shape index (κ2) is 11.3. The fraction of sp³-hybridized carbons (Fsp3) is 0.240. The Bertz CT molecular complexity index is 1180. The van der Waals surface area contributed by atoms with E-state index in [4.69, 9.17) is 0 Å². The minimum Gasteiger partial charge on any atom is -0.395 e. The molecule has 9 heteroatoms. The van der Waals surface area contributed by atoms with Crippen LogP contribution in [0.15, 0.2) is 54.6 Å².